The summed E-state index contributed by atoms with van der Waals surface area (Å²) in [5, 5.41) is 6.28. The third-order valence-corrected chi connectivity index (χ3v) is 2.65. The number of carbonyl (C=O) groups is 1. The second kappa shape index (κ2) is 8.35. The molecule has 20 heavy (non-hydrogen) atoms. The lowest BCUT2D eigenvalue weighted by Gasteiger charge is -2.15. The molecule has 6 heteroatoms. The largest absolute Gasteiger partial charge is 0.464 e. The van der Waals surface area contributed by atoms with E-state index >= 15 is 0 Å². The predicted octanol–water partition coefficient (Wildman–Crippen LogP) is 2.22. The van der Waals surface area contributed by atoms with E-state index in [2.05, 4.69) is 27.5 Å². The minimum absolute atomic E-state index is 0.285. The Hall–Kier alpha value is -1.85. The van der Waals surface area contributed by atoms with Crippen molar-refractivity contribution in [2.45, 2.75) is 46.6 Å². The molecule has 1 rings (SSSR count). The van der Waals surface area contributed by atoms with E-state index in [4.69, 9.17) is 4.74 Å². The topological polar surface area (TPSA) is 76.1 Å². The average Bonchev–Trinajstić information content (AvgIpc) is 2.45. The number of nitrogens with one attached hydrogen (secondary N) is 2. The monoisotopic (exact) mass is 280 g/mol. The lowest BCUT2D eigenvalue weighted by Crippen LogP contribution is -2.28. The van der Waals surface area contributed by atoms with E-state index in [0.717, 1.165) is 31.0 Å². The fraction of sp³-hybridized carbons (Fsp3) is 0.643. The molecule has 0 aliphatic heterocycles. The van der Waals surface area contributed by atoms with E-state index in [1.54, 1.807) is 13.8 Å². The van der Waals surface area contributed by atoms with Crippen molar-refractivity contribution in [3.8, 4) is 0 Å². The number of aromatic nitrogens is 2. The van der Waals surface area contributed by atoms with Gasteiger partial charge in [0.1, 0.15) is 23.5 Å². The lowest BCUT2D eigenvalue weighted by atomic mass is 10.3. The van der Waals surface area contributed by atoms with Crippen LogP contribution in [0.4, 0.5) is 11.6 Å². The summed E-state index contributed by atoms with van der Waals surface area (Å²) in [7, 11) is 0. The zero-order valence-electron chi connectivity index (χ0n) is 12.7. The molecule has 112 valence electrons. The van der Waals surface area contributed by atoms with Crippen LogP contribution >= 0.6 is 0 Å². The van der Waals surface area contributed by atoms with Crippen LogP contribution in [0.3, 0.4) is 0 Å². The Morgan fingerprint density at radius 3 is 2.60 bits per heavy atom. The van der Waals surface area contributed by atoms with Gasteiger partial charge in [0, 0.05) is 19.0 Å². The van der Waals surface area contributed by atoms with E-state index in [0.29, 0.717) is 12.4 Å². The Bertz CT molecular complexity index is 437. The van der Waals surface area contributed by atoms with Gasteiger partial charge in [-0.3, -0.25) is 0 Å². The highest BCUT2D eigenvalue weighted by Gasteiger charge is 2.15. The van der Waals surface area contributed by atoms with Crippen LogP contribution in [0.1, 0.15) is 39.9 Å². The van der Waals surface area contributed by atoms with Crippen molar-refractivity contribution < 1.29 is 9.53 Å². The summed E-state index contributed by atoms with van der Waals surface area (Å²) in [4.78, 5) is 20.4. The summed E-state index contributed by atoms with van der Waals surface area (Å²) in [6.07, 6.45) is 1.76. The van der Waals surface area contributed by atoms with E-state index in [1.807, 2.05) is 13.0 Å². The normalized spacial score (nSPS) is 11.8. The molecule has 1 aromatic heterocycles. The third kappa shape index (κ3) is 5.03. The zero-order chi connectivity index (χ0) is 15.0. The molecule has 1 atom stereocenters. The minimum Gasteiger partial charge on any atom is -0.464 e. The van der Waals surface area contributed by atoms with Crippen LogP contribution in [0.2, 0.25) is 0 Å². The van der Waals surface area contributed by atoms with Gasteiger partial charge in [-0.2, -0.15) is 0 Å². The zero-order valence-corrected chi connectivity index (χ0v) is 12.7. The van der Waals surface area contributed by atoms with Gasteiger partial charge in [0.05, 0.1) is 6.61 Å². The first kappa shape index (κ1) is 16.2. The summed E-state index contributed by atoms with van der Waals surface area (Å²) in [6, 6.07) is 1.37. The van der Waals surface area contributed by atoms with Crippen LogP contribution in [-0.4, -0.2) is 35.1 Å². The summed E-state index contributed by atoms with van der Waals surface area (Å²) in [5.74, 6) is 1.87. The van der Waals surface area contributed by atoms with Gasteiger partial charge >= 0.3 is 5.97 Å². The molecule has 0 spiro atoms. The molecule has 1 aromatic rings. The van der Waals surface area contributed by atoms with E-state index in [1.165, 1.54) is 0 Å². The highest BCUT2D eigenvalue weighted by molar-refractivity contribution is 5.78. The number of nitrogens with zero attached hydrogens (tertiary/aromatic N) is 2. The first-order chi connectivity index (χ1) is 9.60. The fourth-order valence-corrected chi connectivity index (χ4v) is 1.62. The number of carbonyl (C=O) groups excluding carboxylic acids is 1. The Labute approximate surface area is 120 Å². The van der Waals surface area contributed by atoms with Gasteiger partial charge in [0.25, 0.3) is 0 Å². The van der Waals surface area contributed by atoms with E-state index < -0.39 is 6.04 Å². The van der Waals surface area contributed by atoms with Gasteiger partial charge in [-0.15, -0.1) is 0 Å². The van der Waals surface area contributed by atoms with E-state index in [9.17, 15) is 4.79 Å². The van der Waals surface area contributed by atoms with Crippen molar-refractivity contribution >= 4 is 17.6 Å². The Morgan fingerprint density at radius 1 is 1.30 bits per heavy atom. The maximum atomic E-state index is 11.6. The molecule has 1 unspecified atom stereocenters. The molecule has 0 saturated heterocycles. The molecular weight excluding hydrogens is 256 g/mol. The summed E-state index contributed by atoms with van der Waals surface area (Å²) >= 11 is 0. The number of ether oxygens (including phenoxy) is 1. The number of aryl methyl sites for hydroxylation is 1. The van der Waals surface area contributed by atoms with Crippen molar-refractivity contribution in [1.82, 2.24) is 9.97 Å². The molecule has 0 saturated carbocycles. The quantitative estimate of drug-likeness (QED) is 0.711. The van der Waals surface area contributed by atoms with Crippen LogP contribution in [0.15, 0.2) is 6.07 Å². The molecule has 0 bridgehead atoms. The van der Waals surface area contributed by atoms with Gasteiger partial charge in [0.15, 0.2) is 0 Å². The standard InChI is InChI=1S/C14H24N4O2/c1-5-8-15-12-9-13(18-11(6-2)17-12)16-10(4)14(19)20-7-3/h9-10H,5-8H2,1-4H3,(H2,15,16,17,18). The van der Waals surface area contributed by atoms with Crippen LogP contribution in [0.25, 0.3) is 0 Å². The van der Waals surface area contributed by atoms with E-state index in [-0.39, 0.29) is 5.97 Å². The molecule has 0 aromatic carbocycles. The summed E-state index contributed by atoms with van der Waals surface area (Å²) in [5.41, 5.74) is 0. The van der Waals surface area contributed by atoms with Crippen molar-refractivity contribution in [2.75, 3.05) is 23.8 Å². The SMILES string of the molecule is CCCNc1cc(NC(C)C(=O)OCC)nc(CC)n1. The predicted molar refractivity (Wildman–Crippen MR) is 79.9 cm³/mol. The Kier molecular flexibility index (Phi) is 6.76. The smallest absolute Gasteiger partial charge is 0.328 e. The van der Waals surface area contributed by atoms with Crippen molar-refractivity contribution in [3.63, 3.8) is 0 Å². The summed E-state index contributed by atoms with van der Waals surface area (Å²) in [6.45, 7) is 8.86. The van der Waals surface area contributed by atoms with Crippen molar-refractivity contribution in [1.29, 1.82) is 0 Å². The van der Waals surface area contributed by atoms with Crippen molar-refractivity contribution in [3.05, 3.63) is 11.9 Å². The average molecular weight is 280 g/mol. The molecule has 6 nitrogen and oxygen atoms in total. The lowest BCUT2D eigenvalue weighted by molar-refractivity contribution is -0.143. The number of hydrogen-bond donors (Lipinski definition) is 2. The Morgan fingerprint density at radius 2 is 2.00 bits per heavy atom. The molecule has 0 fully saturated rings. The highest BCUT2D eigenvalue weighted by Crippen LogP contribution is 2.13. The fourth-order valence-electron chi connectivity index (χ4n) is 1.62. The Balaban J connectivity index is 2.79. The first-order valence-corrected chi connectivity index (χ1v) is 7.15. The number of hydrogen-bond acceptors (Lipinski definition) is 6. The summed E-state index contributed by atoms with van der Waals surface area (Å²) < 4.78 is 4.97. The van der Waals surface area contributed by atoms with Crippen LogP contribution in [-0.2, 0) is 16.0 Å². The van der Waals surface area contributed by atoms with Crippen LogP contribution < -0.4 is 10.6 Å². The molecule has 0 amide bonds. The second-order valence-electron chi connectivity index (χ2n) is 4.45. The van der Waals surface area contributed by atoms with Crippen LogP contribution in [0.5, 0.6) is 0 Å². The van der Waals surface area contributed by atoms with Crippen molar-refractivity contribution in [2.24, 2.45) is 0 Å². The van der Waals surface area contributed by atoms with Gasteiger partial charge in [-0.1, -0.05) is 13.8 Å². The maximum Gasteiger partial charge on any atom is 0.328 e. The molecule has 0 aliphatic rings. The van der Waals surface area contributed by atoms with Gasteiger partial charge < -0.3 is 15.4 Å². The third-order valence-electron chi connectivity index (χ3n) is 2.65. The number of esters is 1. The minimum atomic E-state index is -0.436. The second-order valence-corrected chi connectivity index (χ2v) is 4.45. The number of rotatable bonds is 8. The molecule has 0 aliphatic carbocycles. The molecule has 1 heterocycles. The van der Waals surface area contributed by atoms with Gasteiger partial charge in [-0.05, 0) is 20.3 Å². The highest BCUT2D eigenvalue weighted by atomic mass is 16.5. The first-order valence-electron chi connectivity index (χ1n) is 7.15. The number of anilines is 2. The van der Waals surface area contributed by atoms with Gasteiger partial charge in [-0.25, -0.2) is 14.8 Å². The maximum absolute atomic E-state index is 11.6. The molecule has 0 radical (unpaired) electrons. The van der Waals surface area contributed by atoms with Crippen LogP contribution in [0, 0.1) is 0 Å². The van der Waals surface area contributed by atoms with Gasteiger partial charge in [0.2, 0.25) is 0 Å². The molecule has 2 N–H and O–H groups in total. The molecular formula is C14H24N4O2.